The molecule has 1 rings (SSSR count). The molecule has 102 valence electrons. The molecule has 0 aliphatic carbocycles. The van der Waals surface area contributed by atoms with Crippen LogP contribution in [0.4, 0.5) is 17.6 Å². The third-order valence-electron chi connectivity index (χ3n) is 1.72. The van der Waals surface area contributed by atoms with Crippen LogP contribution >= 0.6 is 11.6 Å². The minimum Gasteiger partial charge on any atom is -0.471 e. The molecule has 0 spiro atoms. The van der Waals surface area contributed by atoms with Gasteiger partial charge in [0.2, 0.25) is 5.88 Å². The van der Waals surface area contributed by atoms with Crippen molar-refractivity contribution in [3.05, 3.63) is 17.0 Å². The molecule has 0 aliphatic heterocycles. The van der Waals surface area contributed by atoms with Crippen molar-refractivity contribution in [2.75, 3.05) is 13.7 Å². The largest absolute Gasteiger partial charge is 0.471 e. The normalized spacial score (nSPS) is 11.9. The van der Waals surface area contributed by atoms with Crippen LogP contribution in [0.1, 0.15) is 5.82 Å². The highest BCUT2D eigenvalue weighted by atomic mass is 35.5. The van der Waals surface area contributed by atoms with Crippen molar-refractivity contribution in [3.63, 3.8) is 0 Å². The fraction of sp³-hybridized carbons (Fsp3) is 0.556. The standard InChI is InChI=1S/C9H9ClF4N2O2/c1-17-3-6-15-5(10)2-7(16-6)18-4-9(13,14)8(11)12/h2,8H,3-4H2,1H3. The highest BCUT2D eigenvalue weighted by molar-refractivity contribution is 6.29. The maximum absolute atomic E-state index is 12.6. The lowest BCUT2D eigenvalue weighted by molar-refractivity contribution is -0.148. The average molecular weight is 289 g/mol. The highest BCUT2D eigenvalue weighted by Gasteiger charge is 2.41. The predicted octanol–water partition coefficient (Wildman–Crippen LogP) is 2.56. The van der Waals surface area contributed by atoms with Crippen LogP contribution in [0.3, 0.4) is 0 Å². The van der Waals surface area contributed by atoms with Crippen molar-refractivity contribution in [2.24, 2.45) is 0 Å². The molecule has 4 nitrogen and oxygen atoms in total. The number of aromatic nitrogens is 2. The molecule has 0 bridgehead atoms. The van der Waals surface area contributed by atoms with Gasteiger partial charge >= 0.3 is 12.3 Å². The Morgan fingerprint density at radius 1 is 1.39 bits per heavy atom. The first-order valence-electron chi connectivity index (χ1n) is 4.66. The van der Waals surface area contributed by atoms with Crippen LogP contribution in [0, 0.1) is 0 Å². The Labute approximate surface area is 105 Å². The highest BCUT2D eigenvalue weighted by Crippen LogP contribution is 2.24. The predicted molar refractivity (Wildman–Crippen MR) is 54.2 cm³/mol. The molecule has 0 fully saturated rings. The first-order chi connectivity index (χ1) is 8.35. The monoisotopic (exact) mass is 288 g/mol. The van der Waals surface area contributed by atoms with Gasteiger partial charge in [0, 0.05) is 13.2 Å². The average Bonchev–Trinajstić information content (AvgIpc) is 2.26. The lowest BCUT2D eigenvalue weighted by atomic mass is 10.4. The Morgan fingerprint density at radius 3 is 2.61 bits per heavy atom. The van der Waals surface area contributed by atoms with E-state index >= 15 is 0 Å². The third kappa shape index (κ3) is 4.26. The molecule has 18 heavy (non-hydrogen) atoms. The zero-order valence-electron chi connectivity index (χ0n) is 9.17. The minimum atomic E-state index is -4.25. The quantitative estimate of drug-likeness (QED) is 0.596. The molecule has 1 heterocycles. The molecule has 0 aromatic carbocycles. The Kier molecular flexibility index (Phi) is 5.09. The molecule has 1 aromatic heterocycles. The molecular formula is C9H9ClF4N2O2. The van der Waals surface area contributed by atoms with E-state index < -0.39 is 19.0 Å². The van der Waals surface area contributed by atoms with Gasteiger partial charge in [0.05, 0.1) is 0 Å². The van der Waals surface area contributed by atoms with Crippen molar-refractivity contribution in [1.29, 1.82) is 0 Å². The second-order valence-electron chi connectivity index (χ2n) is 3.23. The van der Waals surface area contributed by atoms with Crippen molar-refractivity contribution in [3.8, 4) is 5.88 Å². The fourth-order valence-corrected chi connectivity index (χ4v) is 1.13. The number of ether oxygens (including phenoxy) is 2. The molecule has 9 heteroatoms. The SMILES string of the molecule is COCc1nc(Cl)cc(OCC(F)(F)C(F)F)n1. The van der Waals surface area contributed by atoms with Crippen LogP contribution in [0.15, 0.2) is 6.07 Å². The van der Waals surface area contributed by atoms with Gasteiger partial charge in [0.1, 0.15) is 11.8 Å². The summed E-state index contributed by atoms with van der Waals surface area (Å²) < 4.78 is 58.2. The van der Waals surface area contributed by atoms with E-state index in [0.29, 0.717) is 0 Å². The van der Waals surface area contributed by atoms with E-state index in [9.17, 15) is 17.6 Å². The molecular weight excluding hydrogens is 280 g/mol. The zero-order valence-corrected chi connectivity index (χ0v) is 9.93. The van der Waals surface area contributed by atoms with Gasteiger partial charge in [0.25, 0.3) is 0 Å². The van der Waals surface area contributed by atoms with Crippen molar-refractivity contribution in [1.82, 2.24) is 9.97 Å². The zero-order chi connectivity index (χ0) is 13.8. The molecule has 0 unspecified atom stereocenters. The van der Waals surface area contributed by atoms with Gasteiger partial charge in [0.15, 0.2) is 12.4 Å². The summed E-state index contributed by atoms with van der Waals surface area (Å²) in [5.41, 5.74) is 0. The van der Waals surface area contributed by atoms with Crippen molar-refractivity contribution >= 4 is 11.6 Å². The molecule has 0 radical (unpaired) electrons. The fourth-order valence-electron chi connectivity index (χ4n) is 0.943. The van der Waals surface area contributed by atoms with Crippen molar-refractivity contribution < 1.29 is 27.0 Å². The summed E-state index contributed by atoms with van der Waals surface area (Å²) in [4.78, 5) is 7.38. The molecule has 0 amide bonds. The summed E-state index contributed by atoms with van der Waals surface area (Å²) >= 11 is 5.58. The Morgan fingerprint density at radius 2 is 2.06 bits per heavy atom. The topological polar surface area (TPSA) is 44.2 Å². The van der Waals surface area contributed by atoms with Gasteiger partial charge in [-0.3, -0.25) is 0 Å². The van der Waals surface area contributed by atoms with E-state index in [1.807, 2.05) is 0 Å². The van der Waals surface area contributed by atoms with Gasteiger partial charge in [-0.1, -0.05) is 11.6 Å². The molecule has 0 atom stereocenters. The van der Waals surface area contributed by atoms with E-state index in [1.54, 1.807) is 0 Å². The Balaban J connectivity index is 2.73. The maximum atomic E-state index is 12.6. The summed E-state index contributed by atoms with van der Waals surface area (Å²) in [7, 11) is 1.37. The number of hydrogen-bond donors (Lipinski definition) is 0. The maximum Gasteiger partial charge on any atom is 0.340 e. The lowest BCUT2D eigenvalue weighted by Crippen LogP contribution is -2.34. The first-order valence-corrected chi connectivity index (χ1v) is 5.04. The van der Waals surface area contributed by atoms with Gasteiger partial charge < -0.3 is 9.47 Å². The molecule has 0 aliphatic rings. The summed E-state index contributed by atoms with van der Waals surface area (Å²) in [6, 6.07) is 1.04. The number of nitrogens with zero attached hydrogens (tertiary/aromatic N) is 2. The smallest absolute Gasteiger partial charge is 0.340 e. The van der Waals surface area contributed by atoms with Crippen LogP contribution in [-0.4, -0.2) is 36.0 Å². The van der Waals surface area contributed by atoms with E-state index in [2.05, 4.69) is 14.7 Å². The minimum absolute atomic E-state index is 0.0117. The Bertz CT molecular complexity index is 406. The van der Waals surface area contributed by atoms with E-state index in [1.165, 1.54) is 7.11 Å². The van der Waals surface area contributed by atoms with Crippen LogP contribution < -0.4 is 4.74 Å². The molecule has 1 aromatic rings. The van der Waals surface area contributed by atoms with Gasteiger partial charge in [-0.15, -0.1) is 0 Å². The number of alkyl halides is 4. The summed E-state index contributed by atoms with van der Waals surface area (Å²) in [5.74, 6) is -4.47. The third-order valence-corrected chi connectivity index (χ3v) is 1.92. The summed E-state index contributed by atoms with van der Waals surface area (Å²) in [6.07, 6.45) is -3.81. The van der Waals surface area contributed by atoms with Crippen LogP contribution in [-0.2, 0) is 11.3 Å². The van der Waals surface area contributed by atoms with Gasteiger partial charge in [-0.05, 0) is 0 Å². The van der Waals surface area contributed by atoms with E-state index in [4.69, 9.17) is 16.3 Å². The molecule has 0 N–H and O–H groups in total. The number of methoxy groups -OCH3 is 1. The first kappa shape index (κ1) is 14.9. The van der Waals surface area contributed by atoms with Gasteiger partial charge in [-0.25, -0.2) is 13.8 Å². The summed E-state index contributed by atoms with van der Waals surface area (Å²) in [6.45, 7) is -1.51. The van der Waals surface area contributed by atoms with Crippen LogP contribution in [0.2, 0.25) is 5.15 Å². The van der Waals surface area contributed by atoms with E-state index in [-0.39, 0.29) is 23.5 Å². The second kappa shape index (κ2) is 6.14. The number of halogens is 5. The number of hydrogen-bond acceptors (Lipinski definition) is 4. The van der Waals surface area contributed by atoms with Crippen molar-refractivity contribution in [2.45, 2.75) is 19.0 Å². The number of rotatable bonds is 6. The second-order valence-corrected chi connectivity index (χ2v) is 3.62. The molecule has 0 saturated heterocycles. The summed E-state index contributed by atoms with van der Waals surface area (Å²) in [5, 5.41) is -0.0626. The molecule has 0 saturated carbocycles. The van der Waals surface area contributed by atoms with Gasteiger partial charge in [-0.2, -0.15) is 13.8 Å². The van der Waals surface area contributed by atoms with Crippen LogP contribution in [0.5, 0.6) is 5.88 Å². The Hall–Kier alpha value is -1.15. The van der Waals surface area contributed by atoms with Crippen LogP contribution in [0.25, 0.3) is 0 Å². The lowest BCUT2D eigenvalue weighted by Gasteiger charge is -2.15. The van der Waals surface area contributed by atoms with E-state index in [0.717, 1.165) is 6.07 Å².